The maximum Gasteiger partial charge on any atom is 0.341 e. The highest BCUT2D eigenvalue weighted by atomic mass is 16.2. The van der Waals surface area contributed by atoms with Crippen molar-refractivity contribution >= 4 is 17.5 Å². The zero-order valence-electron chi connectivity index (χ0n) is 11.9. The summed E-state index contributed by atoms with van der Waals surface area (Å²) in [6.45, 7) is 2.20. The number of amides is 2. The summed E-state index contributed by atoms with van der Waals surface area (Å²) < 4.78 is 0. The second kappa shape index (κ2) is 5.47. The van der Waals surface area contributed by atoms with Crippen LogP contribution in [0.5, 0.6) is 0 Å². The number of rotatable bonds is 3. The van der Waals surface area contributed by atoms with Gasteiger partial charge in [0.1, 0.15) is 6.04 Å². The quantitative estimate of drug-likeness (QED) is 0.729. The van der Waals surface area contributed by atoms with E-state index in [9.17, 15) is 14.4 Å². The van der Waals surface area contributed by atoms with Gasteiger partial charge in [-0.25, -0.2) is 9.89 Å². The van der Waals surface area contributed by atoms with E-state index >= 15 is 0 Å². The summed E-state index contributed by atoms with van der Waals surface area (Å²) in [4.78, 5) is 39.2. The van der Waals surface area contributed by atoms with Crippen LogP contribution in [0.3, 0.4) is 0 Å². The third-order valence-corrected chi connectivity index (χ3v) is 3.59. The number of benzene rings is 1. The first-order valence-electron chi connectivity index (χ1n) is 6.91. The summed E-state index contributed by atoms with van der Waals surface area (Å²) >= 11 is 0. The highest BCUT2D eigenvalue weighted by Gasteiger charge is 2.29. The molecule has 0 fully saturated rings. The van der Waals surface area contributed by atoms with Gasteiger partial charge in [0.2, 0.25) is 11.7 Å². The molecule has 0 saturated heterocycles. The van der Waals surface area contributed by atoms with Crippen LogP contribution in [0, 0.1) is 0 Å². The second-order valence-electron chi connectivity index (χ2n) is 5.09. The van der Waals surface area contributed by atoms with Gasteiger partial charge in [0.15, 0.2) is 0 Å². The number of carbonyl (C=O) groups is 2. The molecule has 2 heterocycles. The summed E-state index contributed by atoms with van der Waals surface area (Å²) in [5.41, 5.74) is 1.42. The number of anilines is 1. The number of hydrogen-bond donors (Lipinski definition) is 3. The number of aromatic nitrogens is 3. The lowest BCUT2D eigenvalue weighted by Gasteiger charge is -2.22. The largest absolute Gasteiger partial charge is 0.341 e. The van der Waals surface area contributed by atoms with E-state index < -0.39 is 17.6 Å². The lowest BCUT2D eigenvalue weighted by Crippen LogP contribution is -2.46. The minimum absolute atomic E-state index is 0.147. The summed E-state index contributed by atoms with van der Waals surface area (Å²) in [5, 5.41) is 8.17. The monoisotopic (exact) mass is 301 g/mol. The van der Waals surface area contributed by atoms with Crippen molar-refractivity contribution in [2.45, 2.75) is 19.4 Å². The highest BCUT2D eigenvalue weighted by Crippen LogP contribution is 2.27. The van der Waals surface area contributed by atoms with Crippen molar-refractivity contribution in [3.05, 3.63) is 46.1 Å². The summed E-state index contributed by atoms with van der Waals surface area (Å²) in [6.07, 6.45) is 0.801. The van der Waals surface area contributed by atoms with E-state index in [1.165, 1.54) is 0 Å². The van der Waals surface area contributed by atoms with Gasteiger partial charge < -0.3 is 10.2 Å². The Morgan fingerprint density at radius 3 is 2.86 bits per heavy atom. The number of carbonyl (C=O) groups excluding carboxylic acids is 2. The SMILES string of the molecule is C[C@@H](NC(=O)c1n[nH]c(=O)[nH]1)C(=O)N1CCc2ccccc21. The molecule has 0 bridgehead atoms. The maximum atomic E-state index is 12.5. The summed E-state index contributed by atoms with van der Waals surface area (Å²) in [5.74, 6) is -0.950. The molecule has 2 aromatic rings. The number of fused-ring (bicyclic) bond motifs is 1. The smallest absolute Gasteiger partial charge is 0.338 e. The first kappa shape index (κ1) is 14.1. The molecule has 0 aliphatic carbocycles. The van der Waals surface area contributed by atoms with E-state index in [-0.39, 0.29) is 11.7 Å². The Bertz CT molecular complexity index is 779. The third kappa shape index (κ3) is 2.50. The zero-order valence-corrected chi connectivity index (χ0v) is 11.9. The van der Waals surface area contributed by atoms with Gasteiger partial charge in [0, 0.05) is 12.2 Å². The number of nitrogens with zero attached hydrogens (tertiary/aromatic N) is 2. The average molecular weight is 301 g/mol. The molecule has 0 spiro atoms. The minimum atomic E-state index is -0.723. The second-order valence-corrected chi connectivity index (χ2v) is 5.09. The highest BCUT2D eigenvalue weighted by molar-refractivity contribution is 6.02. The molecule has 8 heteroatoms. The van der Waals surface area contributed by atoms with E-state index in [1.807, 2.05) is 24.3 Å². The number of aromatic amines is 2. The maximum absolute atomic E-state index is 12.5. The van der Waals surface area contributed by atoms with Crippen LogP contribution in [0.2, 0.25) is 0 Å². The molecule has 22 heavy (non-hydrogen) atoms. The fourth-order valence-corrected chi connectivity index (χ4v) is 2.51. The van der Waals surface area contributed by atoms with E-state index in [1.54, 1.807) is 11.8 Å². The molecule has 1 aromatic carbocycles. The molecule has 2 amide bonds. The first-order valence-corrected chi connectivity index (χ1v) is 6.91. The first-order chi connectivity index (χ1) is 10.6. The van der Waals surface area contributed by atoms with Crippen LogP contribution in [0.1, 0.15) is 23.1 Å². The van der Waals surface area contributed by atoms with Crippen LogP contribution in [0.4, 0.5) is 5.69 Å². The Morgan fingerprint density at radius 1 is 1.36 bits per heavy atom. The van der Waals surface area contributed by atoms with Crippen molar-refractivity contribution in [1.29, 1.82) is 0 Å². The van der Waals surface area contributed by atoms with Gasteiger partial charge in [0.25, 0.3) is 5.91 Å². The number of para-hydroxylation sites is 1. The van der Waals surface area contributed by atoms with Gasteiger partial charge in [-0.05, 0) is 25.0 Å². The molecule has 1 atom stereocenters. The van der Waals surface area contributed by atoms with Gasteiger partial charge in [-0.2, -0.15) is 0 Å². The molecule has 1 aromatic heterocycles. The molecule has 114 valence electrons. The van der Waals surface area contributed by atoms with Gasteiger partial charge >= 0.3 is 5.69 Å². The van der Waals surface area contributed by atoms with Crippen molar-refractivity contribution < 1.29 is 9.59 Å². The van der Waals surface area contributed by atoms with Crippen molar-refractivity contribution in [3.63, 3.8) is 0 Å². The van der Waals surface area contributed by atoms with Crippen LogP contribution in [-0.4, -0.2) is 39.6 Å². The van der Waals surface area contributed by atoms with Crippen LogP contribution in [0.25, 0.3) is 0 Å². The Labute approximate surface area is 125 Å². The van der Waals surface area contributed by atoms with Crippen molar-refractivity contribution in [3.8, 4) is 0 Å². The Hall–Kier alpha value is -2.90. The number of hydrogen-bond acceptors (Lipinski definition) is 4. The van der Waals surface area contributed by atoms with Gasteiger partial charge in [-0.1, -0.05) is 18.2 Å². The fourth-order valence-electron chi connectivity index (χ4n) is 2.51. The van der Waals surface area contributed by atoms with E-state index in [4.69, 9.17) is 0 Å². The molecular formula is C14H15N5O3. The normalized spacial score (nSPS) is 14.5. The van der Waals surface area contributed by atoms with E-state index in [0.717, 1.165) is 17.7 Å². The molecule has 0 saturated carbocycles. The molecule has 1 aliphatic rings. The fraction of sp³-hybridized carbons (Fsp3) is 0.286. The molecule has 8 nitrogen and oxygen atoms in total. The van der Waals surface area contributed by atoms with Crippen LogP contribution < -0.4 is 15.9 Å². The Balaban J connectivity index is 1.70. The molecule has 3 rings (SSSR count). The van der Waals surface area contributed by atoms with Crippen molar-refractivity contribution in [2.24, 2.45) is 0 Å². The average Bonchev–Trinajstić information content (AvgIpc) is 3.12. The van der Waals surface area contributed by atoms with E-state index in [0.29, 0.717) is 6.54 Å². The molecule has 3 N–H and O–H groups in total. The van der Waals surface area contributed by atoms with Crippen molar-refractivity contribution in [2.75, 3.05) is 11.4 Å². The van der Waals surface area contributed by atoms with Gasteiger partial charge in [0.05, 0.1) is 0 Å². The molecule has 0 unspecified atom stereocenters. The van der Waals surface area contributed by atoms with Crippen LogP contribution in [0.15, 0.2) is 29.1 Å². The number of nitrogens with one attached hydrogen (secondary N) is 3. The third-order valence-electron chi connectivity index (χ3n) is 3.59. The Kier molecular flexibility index (Phi) is 3.50. The lowest BCUT2D eigenvalue weighted by molar-refractivity contribution is -0.119. The Morgan fingerprint density at radius 2 is 2.14 bits per heavy atom. The van der Waals surface area contributed by atoms with Crippen LogP contribution >= 0.6 is 0 Å². The predicted octanol–water partition coefficient (Wildman–Crippen LogP) is -0.194. The predicted molar refractivity (Wildman–Crippen MR) is 78.6 cm³/mol. The lowest BCUT2D eigenvalue weighted by atomic mass is 10.2. The minimum Gasteiger partial charge on any atom is -0.338 e. The van der Waals surface area contributed by atoms with Crippen molar-refractivity contribution in [1.82, 2.24) is 20.5 Å². The topological polar surface area (TPSA) is 111 Å². The summed E-state index contributed by atoms with van der Waals surface area (Å²) in [6, 6.07) is 6.97. The van der Waals surface area contributed by atoms with Gasteiger partial charge in [-0.15, -0.1) is 5.10 Å². The molecular weight excluding hydrogens is 286 g/mol. The van der Waals surface area contributed by atoms with Crippen LogP contribution in [-0.2, 0) is 11.2 Å². The number of H-pyrrole nitrogens is 2. The van der Waals surface area contributed by atoms with Gasteiger partial charge in [-0.3, -0.25) is 14.6 Å². The van der Waals surface area contributed by atoms with E-state index in [2.05, 4.69) is 20.5 Å². The molecule has 0 radical (unpaired) electrons. The molecule has 1 aliphatic heterocycles. The summed E-state index contributed by atoms with van der Waals surface area (Å²) in [7, 11) is 0. The zero-order chi connectivity index (χ0) is 15.7. The standard InChI is InChI=1S/C14H15N5O3/c1-8(15-12(20)11-16-14(22)18-17-11)13(21)19-7-6-9-4-2-3-5-10(9)19/h2-5,8H,6-7H2,1H3,(H,15,20)(H2,16,17,18,22)/t8-/m1/s1.